The first kappa shape index (κ1) is 27.7. The minimum absolute atomic E-state index is 0.0905. The van der Waals surface area contributed by atoms with Gasteiger partial charge in [-0.3, -0.25) is 20.4 Å². The van der Waals surface area contributed by atoms with Gasteiger partial charge in [-0.15, -0.1) is 22.7 Å². The summed E-state index contributed by atoms with van der Waals surface area (Å²) in [6.45, 7) is -0.269. The van der Waals surface area contributed by atoms with Crippen molar-refractivity contribution >= 4 is 66.3 Å². The van der Waals surface area contributed by atoms with E-state index < -0.39 is 49.2 Å². The van der Waals surface area contributed by atoms with Gasteiger partial charge in [0.05, 0.1) is 19.1 Å². The molecule has 0 aliphatic carbocycles. The molecule has 0 spiro atoms. The van der Waals surface area contributed by atoms with Gasteiger partial charge in [0, 0.05) is 48.0 Å². The lowest BCUT2D eigenvalue weighted by Gasteiger charge is -2.27. The van der Waals surface area contributed by atoms with Crippen LogP contribution >= 0.6 is 22.7 Å². The Morgan fingerprint density at radius 1 is 1.15 bits per heavy atom. The zero-order valence-electron chi connectivity index (χ0n) is 21.6. The molecule has 2 amide bonds. The Morgan fingerprint density at radius 3 is 2.62 bits per heavy atom. The molecule has 1 fully saturated rings. The van der Waals surface area contributed by atoms with E-state index in [0.29, 0.717) is 11.1 Å². The number of nitrogens with two attached hydrogens (primary N) is 1. The van der Waals surface area contributed by atoms with Crippen LogP contribution in [0.25, 0.3) is 20.2 Å². The lowest BCUT2D eigenvalue weighted by atomic mass is 10.0. The number of thiophene rings is 2. The van der Waals surface area contributed by atoms with Crippen molar-refractivity contribution in [3.63, 3.8) is 0 Å². The van der Waals surface area contributed by atoms with Crippen LogP contribution in [0.1, 0.15) is 40.2 Å². The number of nitrogen functional groups attached to an aromatic ring is 1. The first-order valence-corrected chi connectivity index (χ1v) is 14.3. The van der Waals surface area contributed by atoms with Gasteiger partial charge in [0.15, 0.2) is 5.67 Å². The Morgan fingerprint density at radius 2 is 1.90 bits per heavy atom. The Bertz CT molecular complexity index is 1640. The molecule has 1 saturated heterocycles. The minimum Gasteiger partial charge on any atom is -0.384 e. The summed E-state index contributed by atoms with van der Waals surface area (Å²) < 4.78 is 30.9. The number of rotatable bonds is 8. The molecule has 3 heterocycles. The van der Waals surface area contributed by atoms with E-state index in [9.17, 15) is 14.0 Å². The summed E-state index contributed by atoms with van der Waals surface area (Å²) in [5.41, 5.74) is 4.19. The number of fused-ring (bicyclic) bond motifs is 3. The second-order valence-corrected chi connectivity index (χ2v) is 12.0. The van der Waals surface area contributed by atoms with E-state index in [1.165, 1.54) is 16.2 Å². The number of carbonyl (C=O) groups excluding carboxylic acids is 2. The number of amidine groups is 2. The highest BCUT2D eigenvalue weighted by Gasteiger charge is 2.48. The average molecular weight is 583 g/mol. The molecule has 6 N–H and O–H groups in total. The molecule has 12 heteroatoms. The molecule has 40 heavy (non-hydrogen) atoms. The second-order valence-electron chi connectivity index (χ2n) is 9.95. The highest BCUT2D eigenvalue weighted by atomic mass is 32.1. The number of halogens is 2. The van der Waals surface area contributed by atoms with Crippen LogP contribution in [0.3, 0.4) is 0 Å². The van der Waals surface area contributed by atoms with Gasteiger partial charge in [0.2, 0.25) is 5.91 Å². The van der Waals surface area contributed by atoms with Crippen LogP contribution in [0.5, 0.6) is 0 Å². The van der Waals surface area contributed by atoms with Crippen molar-refractivity contribution in [2.24, 2.45) is 5.73 Å². The van der Waals surface area contributed by atoms with Crippen LogP contribution in [0, 0.1) is 10.8 Å². The minimum atomic E-state index is -2.28. The monoisotopic (exact) mass is 582 g/mol. The third kappa shape index (κ3) is 5.41. The summed E-state index contributed by atoms with van der Waals surface area (Å²) in [6, 6.07) is 13.4. The number of nitrogens with one attached hydrogen (secondary N) is 4. The number of alkyl halides is 2. The van der Waals surface area contributed by atoms with Crippen molar-refractivity contribution in [2.75, 3.05) is 19.8 Å². The van der Waals surface area contributed by atoms with Crippen molar-refractivity contribution in [1.82, 2.24) is 15.5 Å². The summed E-state index contributed by atoms with van der Waals surface area (Å²) in [4.78, 5) is 28.1. The highest BCUT2D eigenvalue weighted by Crippen LogP contribution is 2.35. The number of hydrogen-bond donors (Lipinski definition) is 5. The molecular weight excluding hydrogens is 554 g/mol. The van der Waals surface area contributed by atoms with Crippen LogP contribution in [0.2, 0.25) is 0 Å². The maximum atomic E-state index is 15.1. The maximum Gasteiger partial charge on any atom is 0.251 e. The van der Waals surface area contributed by atoms with Crippen molar-refractivity contribution in [3.05, 3.63) is 69.9 Å². The summed E-state index contributed by atoms with van der Waals surface area (Å²) >= 11 is 2.96. The largest absolute Gasteiger partial charge is 0.384 e. The van der Waals surface area contributed by atoms with E-state index in [1.807, 2.05) is 30.3 Å². The molecule has 208 valence electrons. The van der Waals surface area contributed by atoms with Crippen LogP contribution in [0.4, 0.5) is 8.78 Å². The first-order chi connectivity index (χ1) is 19.1. The van der Waals surface area contributed by atoms with E-state index in [0.717, 1.165) is 25.0 Å². The zero-order valence-corrected chi connectivity index (χ0v) is 23.2. The van der Waals surface area contributed by atoms with Gasteiger partial charge in [0.1, 0.15) is 24.4 Å². The van der Waals surface area contributed by atoms with E-state index in [4.69, 9.17) is 16.6 Å². The number of nitrogens with zero attached hydrogens (tertiary/aromatic N) is 1. The Labute approximate surface area is 237 Å². The van der Waals surface area contributed by atoms with E-state index >= 15 is 4.39 Å². The van der Waals surface area contributed by atoms with Gasteiger partial charge in [-0.1, -0.05) is 18.2 Å². The predicted molar refractivity (Wildman–Crippen MR) is 156 cm³/mol. The zero-order chi connectivity index (χ0) is 28.6. The molecule has 5 rings (SSSR count). The summed E-state index contributed by atoms with van der Waals surface area (Å²) in [5, 5.41) is 25.3. The van der Waals surface area contributed by atoms with Crippen molar-refractivity contribution in [3.8, 4) is 0 Å². The number of benzene rings is 2. The topological polar surface area (TPSA) is 135 Å². The quantitative estimate of drug-likeness (QED) is 0.152. The van der Waals surface area contributed by atoms with Crippen molar-refractivity contribution in [1.29, 1.82) is 10.8 Å². The molecule has 8 nitrogen and oxygen atoms in total. The Balaban J connectivity index is 1.27. The standard InChI is InChI=1S/C28H28F2N6O2S2/c1-15(23-9-17(12-39-23)25(32)33)35-27(38)20-10-28(30,13-29)14-36(20)24(31)11-34-26(37)16-6-7-22-19(8-16)18-4-2-3-5-21(18)40-22/h2-9,12,15,20,31H,10-11,13-14H2,1H3,(H3,32,33)(H,34,37)(H,35,38)/t15-,20+,28+/m1/s1. The van der Waals surface area contributed by atoms with E-state index in [1.54, 1.807) is 41.8 Å². The molecule has 0 radical (unpaired) electrons. The van der Waals surface area contributed by atoms with E-state index in [2.05, 4.69) is 10.6 Å². The van der Waals surface area contributed by atoms with Gasteiger partial charge < -0.3 is 21.3 Å². The Hall–Kier alpha value is -3.90. The molecular formula is C28H28F2N6O2S2. The third-order valence-corrected chi connectivity index (χ3v) is 9.32. The van der Waals surface area contributed by atoms with Crippen molar-refractivity contribution in [2.45, 2.75) is 31.1 Å². The molecule has 3 atom stereocenters. The van der Waals surface area contributed by atoms with Gasteiger partial charge >= 0.3 is 0 Å². The predicted octanol–water partition coefficient (Wildman–Crippen LogP) is 4.74. The van der Waals surface area contributed by atoms with Gasteiger partial charge in [-0.25, -0.2) is 8.78 Å². The van der Waals surface area contributed by atoms with Crippen LogP contribution in [-0.4, -0.2) is 59.9 Å². The van der Waals surface area contributed by atoms with Gasteiger partial charge in [-0.05, 0) is 37.3 Å². The first-order valence-electron chi connectivity index (χ1n) is 12.6. The van der Waals surface area contributed by atoms with E-state index in [-0.39, 0.29) is 18.2 Å². The fraction of sp³-hybridized carbons (Fsp3) is 0.286. The summed E-state index contributed by atoms with van der Waals surface area (Å²) in [5.74, 6) is -1.24. The lowest BCUT2D eigenvalue weighted by molar-refractivity contribution is -0.125. The third-order valence-electron chi connectivity index (χ3n) is 7.05. The van der Waals surface area contributed by atoms with Crippen molar-refractivity contribution < 1.29 is 18.4 Å². The maximum absolute atomic E-state index is 15.1. The second kappa shape index (κ2) is 10.9. The molecule has 1 aliphatic heterocycles. The molecule has 0 unspecified atom stereocenters. The van der Waals surface area contributed by atoms with Crippen LogP contribution in [0.15, 0.2) is 53.9 Å². The average Bonchev–Trinajstić information content (AvgIpc) is 3.67. The highest BCUT2D eigenvalue weighted by molar-refractivity contribution is 7.25. The number of carbonyl (C=O) groups is 2. The molecule has 0 bridgehead atoms. The number of likely N-dealkylation sites (tertiary alicyclic amines) is 1. The molecule has 4 aromatic rings. The summed E-state index contributed by atoms with van der Waals surface area (Å²) in [6.07, 6.45) is -0.413. The van der Waals surface area contributed by atoms with Crippen LogP contribution in [-0.2, 0) is 4.79 Å². The fourth-order valence-electron chi connectivity index (χ4n) is 4.89. The fourth-order valence-corrected chi connectivity index (χ4v) is 6.89. The number of amides is 2. The molecule has 1 aliphatic rings. The normalized spacial score (nSPS) is 19.6. The Kier molecular flexibility index (Phi) is 7.56. The summed E-state index contributed by atoms with van der Waals surface area (Å²) in [7, 11) is 0. The van der Waals surface area contributed by atoms with Gasteiger partial charge in [0.25, 0.3) is 5.91 Å². The number of hydrogen-bond acceptors (Lipinski definition) is 6. The lowest BCUT2D eigenvalue weighted by Crippen LogP contribution is -2.49. The molecule has 2 aromatic heterocycles. The van der Waals surface area contributed by atoms with Gasteiger partial charge in [-0.2, -0.15) is 0 Å². The smallest absolute Gasteiger partial charge is 0.251 e. The van der Waals surface area contributed by atoms with Crippen LogP contribution < -0.4 is 16.4 Å². The molecule has 2 aromatic carbocycles. The molecule has 0 saturated carbocycles. The SMILES string of the molecule is C[C@@H](NC(=O)[C@@H]1C[C@](F)(CF)CN1C(=N)CNC(=O)c1ccc2sc3ccccc3c2c1)c1cc(C(=N)N)cs1.